The quantitative estimate of drug-likeness (QED) is 0.695. The normalized spacial score (nSPS) is 12.7. The smallest absolute Gasteiger partial charge is 0.177 e. The highest BCUT2D eigenvalue weighted by Gasteiger charge is 2.14. The highest BCUT2D eigenvalue weighted by Crippen LogP contribution is 2.13. The predicted octanol–water partition coefficient (Wildman–Crippen LogP) is 3.85. The summed E-state index contributed by atoms with van der Waals surface area (Å²) in [7, 11) is 0. The summed E-state index contributed by atoms with van der Waals surface area (Å²) in [6.45, 7) is 13.1. The van der Waals surface area contributed by atoms with Gasteiger partial charge in [0.2, 0.25) is 0 Å². The number of Topliss-reactive ketones (excluding diaryl/α,β-unsaturated/α-hetero) is 1. The molecule has 2 heteroatoms. The highest BCUT2D eigenvalue weighted by atomic mass is 16.1. The van der Waals surface area contributed by atoms with Crippen molar-refractivity contribution < 1.29 is 4.79 Å². The molecule has 0 aliphatic heterocycles. The lowest BCUT2D eigenvalue weighted by atomic mass is 10.0. The van der Waals surface area contributed by atoms with Gasteiger partial charge in [-0.15, -0.1) is 0 Å². The van der Waals surface area contributed by atoms with Gasteiger partial charge in [-0.25, -0.2) is 0 Å². The van der Waals surface area contributed by atoms with Crippen LogP contribution in [0.2, 0.25) is 0 Å². The van der Waals surface area contributed by atoms with Crippen molar-refractivity contribution in [3.63, 3.8) is 0 Å². The molecule has 19 heavy (non-hydrogen) atoms. The van der Waals surface area contributed by atoms with Crippen LogP contribution in [0.3, 0.4) is 0 Å². The maximum absolute atomic E-state index is 12.4. The number of rotatable bonds is 7. The Morgan fingerprint density at radius 1 is 1.26 bits per heavy atom. The molecule has 0 saturated heterocycles. The Balaban J connectivity index is 2.71. The van der Waals surface area contributed by atoms with Gasteiger partial charge < -0.3 is 0 Å². The van der Waals surface area contributed by atoms with E-state index in [0.717, 1.165) is 30.6 Å². The van der Waals surface area contributed by atoms with Gasteiger partial charge in [-0.2, -0.15) is 0 Å². The molecule has 1 aromatic carbocycles. The monoisotopic (exact) mass is 261 g/mol. The number of aryl methyl sites for hydroxylation is 2. The third kappa shape index (κ3) is 4.79. The van der Waals surface area contributed by atoms with Gasteiger partial charge in [0.25, 0.3) is 0 Å². The Labute approximate surface area is 117 Å². The summed E-state index contributed by atoms with van der Waals surface area (Å²) >= 11 is 0. The predicted molar refractivity (Wildman–Crippen MR) is 81.8 cm³/mol. The van der Waals surface area contributed by atoms with Crippen molar-refractivity contribution in [1.82, 2.24) is 4.90 Å². The molecule has 0 amide bonds. The fourth-order valence-electron chi connectivity index (χ4n) is 2.29. The molecule has 1 rings (SSSR count). The van der Waals surface area contributed by atoms with E-state index in [0.29, 0.717) is 12.5 Å². The second-order valence-electron chi connectivity index (χ2n) is 5.58. The summed E-state index contributed by atoms with van der Waals surface area (Å²) < 4.78 is 0. The second-order valence-corrected chi connectivity index (χ2v) is 5.58. The zero-order chi connectivity index (χ0) is 14.4. The van der Waals surface area contributed by atoms with Crippen LogP contribution in [0.5, 0.6) is 0 Å². The van der Waals surface area contributed by atoms with E-state index in [1.807, 2.05) is 19.1 Å². The molecule has 1 aromatic rings. The first-order chi connectivity index (χ1) is 8.97. The van der Waals surface area contributed by atoms with Gasteiger partial charge >= 0.3 is 0 Å². The second kappa shape index (κ2) is 7.44. The van der Waals surface area contributed by atoms with E-state index in [1.54, 1.807) is 0 Å². The van der Waals surface area contributed by atoms with Gasteiger partial charge in [0.1, 0.15) is 0 Å². The minimum absolute atomic E-state index is 0.239. The lowest BCUT2D eigenvalue weighted by Gasteiger charge is -2.23. The Kier molecular flexibility index (Phi) is 6.23. The summed E-state index contributed by atoms with van der Waals surface area (Å²) in [6, 6.07) is 6.06. The van der Waals surface area contributed by atoms with Gasteiger partial charge in [-0.3, -0.25) is 9.69 Å². The molecule has 106 valence electrons. The van der Waals surface area contributed by atoms with E-state index in [4.69, 9.17) is 0 Å². The number of hydrogen-bond donors (Lipinski definition) is 0. The molecule has 2 nitrogen and oxygen atoms in total. The summed E-state index contributed by atoms with van der Waals surface area (Å²) in [6.07, 6.45) is 1.16. The van der Waals surface area contributed by atoms with Crippen LogP contribution in [0, 0.1) is 19.8 Å². The number of likely N-dealkylation sites (N-methyl/N-ethyl adjacent to an activating group) is 1. The molecule has 0 radical (unpaired) electrons. The third-order valence-corrected chi connectivity index (χ3v) is 3.76. The molecular formula is C17H27NO. The standard InChI is InChI=1S/C17H27NO/c1-6-13(3)11-18(7-2)12-17(19)16-9-8-14(4)10-15(16)5/h8-10,13H,6-7,11-12H2,1-5H3. The van der Waals surface area contributed by atoms with Crippen molar-refractivity contribution in [2.75, 3.05) is 19.6 Å². The van der Waals surface area contributed by atoms with E-state index in [1.165, 1.54) is 5.56 Å². The molecule has 0 aromatic heterocycles. The van der Waals surface area contributed by atoms with Gasteiger partial charge in [-0.05, 0) is 31.9 Å². The van der Waals surface area contributed by atoms with Gasteiger partial charge in [0.15, 0.2) is 5.78 Å². The van der Waals surface area contributed by atoms with Crippen molar-refractivity contribution in [2.45, 2.75) is 41.0 Å². The van der Waals surface area contributed by atoms with Crippen molar-refractivity contribution in [1.29, 1.82) is 0 Å². The molecule has 0 saturated carbocycles. The lowest BCUT2D eigenvalue weighted by Crippen LogP contribution is -2.33. The highest BCUT2D eigenvalue weighted by molar-refractivity contribution is 5.98. The van der Waals surface area contributed by atoms with Crippen LogP contribution >= 0.6 is 0 Å². The fraction of sp³-hybridized carbons (Fsp3) is 0.588. The number of ketones is 1. The Hall–Kier alpha value is -1.15. The molecule has 1 atom stereocenters. The van der Waals surface area contributed by atoms with Crippen molar-refractivity contribution in [3.8, 4) is 0 Å². The fourth-order valence-corrected chi connectivity index (χ4v) is 2.29. The van der Waals surface area contributed by atoms with E-state index in [9.17, 15) is 4.79 Å². The van der Waals surface area contributed by atoms with E-state index in [-0.39, 0.29) is 5.78 Å². The van der Waals surface area contributed by atoms with Crippen LogP contribution < -0.4 is 0 Å². The first-order valence-corrected chi connectivity index (χ1v) is 7.30. The molecule has 0 bridgehead atoms. The molecule has 0 spiro atoms. The van der Waals surface area contributed by atoms with E-state index in [2.05, 4.69) is 38.7 Å². The Morgan fingerprint density at radius 3 is 2.47 bits per heavy atom. The molecular weight excluding hydrogens is 234 g/mol. The maximum Gasteiger partial charge on any atom is 0.177 e. The van der Waals surface area contributed by atoms with Crippen molar-refractivity contribution >= 4 is 5.78 Å². The lowest BCUT2D eigenvalue weighted by molar-refractivity contribution is 0.0923. The molecule has 0 aliphatic carbocycles. The molecule has 0 N–H and O–H groups in total. The number of nitrogens with zero attached hydrogens (tertiary/aromatic N) is 1. The topological polar surface area (TPSA) is 20.3 Å². The summed E-state index contributed by atoms with van der Waals surface area (Å²) in [4.78, 5) is 14.6. The zero-order valence-electron chi connectivity index (χ0n) is 13.0. The summed E-state index contributed by atoms with van der Waals surface area (Å²) in [5, 5.41) is 0. The van der Waals surface area contributed by atoms with Gasteiger partial charge in [0, 0.05) is 12.1 Å². The van der Waals surface area contributed by atoms with Crippen LogP contribution in [-0.2, 0) is 0 Å². The van der Waals surface area contributed by atoms with Crippen LogP contribution in [0.15, 0.2) is 18.2 Å². The van der Waals surface area contributed by atoms with Gasteiger partial charge in [0.05, 0.1) is 6.54 Å². The molecule has 1 unspecified atom stereocenters. The number of carbonyl (C=O) groups is 1. The molecule has 0 fully saturated rings. The molecule has 0 heterocycles. The average molecular weight is 261 g/mol. The number of benzene rings is 1. The van der Waals surface area contributed by atoms with Crippen LogP contribution in [0.4, 0.5) is 0 Å². The molecule has 0 aliphatic rings. The van der Waals surface area contributed by atoms with Crippen LogP contribution in [0.1, 0.15) is 48.7 Å². The number of carbonyl (C=O) groups excluding carboxylic acids is 1. The van der Waals surface area contributed by atoms with Gasteiger partial charge in [-0.1, -0.05) is 51.0 Å². The Morgan fingerprint density at radius 2 is 1.95 bits per heavy atom. The minimum atomic E-state index is 0.239. The average Bonchev–Trinajstić information content (AvgIpc) is 2.37. The van der Waals surface area contributed by atoms with Crippen LogP contribution in [0.25, 0.3) is 0 Å². The largest absolute Gasteiger partial charge is 0.296 e. The first kappa shape index (κ1) is 15.9. The van der Waals surface area contributed by atoms with Crippen molar-refractivity contribution in [3.05, 3.63) is 34.9 Å². The Bertz CT molecular complexity index is 425. The zero-order valence-corrected chi connectivity index (χ0v) is 13.0. The van der Waals surface area contributed by atoms with E-state index >= 15 is 0 Å². The van der Waals surface area contributed by atoms with E-state index < -0.39 is 0 Å². The maximum atomic E-state index is 12.4. The van der Waals surface area contributed by atoms with Crippen molar-refractivity contribution in [2.24, 2.45) is 5.92 Å². The summed E-state index contributed by atoms with van der Waals surface area (Å²) in [5.74, 6) is 0.884. The SMILES string of the molecule is CCC(C)CN(CC)CC(=O)c1ccc(C)cc1C. The minimum Gasteiger partial charge on any atom is -0.296 e. The first-order valence-electron chi connectivity index (χ1n) is 7.30. The third-order valence-electron chi connectivity index (χ3n) is 3.76. The summed E-state index contributed by atoms with van der Waals surface area (Å²) in [5.41, 5.74) is 3.17. The van der Waals surface area contributed by atoms with Crippen LogP contribution in [-0.4, -0.2) is 30.3 Å². The number of hydrogen-bond acceptors (Lipinski definition) is 2.